The summed E-state index contributed by atoms with van der Waals surface area (Å²) in [6, 6.07) is 4.88. The fourth-order valence-corrected chi connectivity index (χ4v) is 2.76. The van der Waals surface area contributed by atoms with Crippen molar-refractivity contribution in [3.63, 3.8) is 0 Å². The lowest BCUT2D eigenvalue weighted by molar-refractivity contribution is -0.132. The fraction of sp³-hybridized carbons (Fsp3) is 0.562. The van der Waals surface area contributed by atoms with E-state index in [1.807, 2.05) is 11.8 Å². The van der Waals surface area contributed by atoms with E-state index >= 15 is 0 Å². The number of benzene rings is 1. The lowest BCUT2D eigenvalue weighted by Crippen LogP contribution is -2.38. The van der Waals surface area contributed by atoms with E-state index in [1.165, 1.54) is 6.07 Å². The van der Waals surface area contributed by atoms with Crippen molar-refractivity contribution in [1.82, 2.24) is 4.90 Å². The molecule has 0 atom stereocenters. The molecular weight excluding hydrogens is 257 g/mol. The zero-order valence-corrected chi connectivity index (χ0v) is 12.2. The molecule has 1 heterocycles. The lowest BCUT2D eigenvalue weighted by Gasteiger charge is -2.32. The minimum absolute atomic E-state index is 0.169. The minimum Gasteiger partial charge on any atom is -0.497 e. The summed E-state index contributed by atoms with van der Waals surface area (Å²) in [7, 11) is 1.59. The highest BCUT2D eigenvalue weighted by molar-refractivity contribution is 5.75. The van der Waals surface area contributed by atoms with Gasteiger partial charge in [-0.15, -0.1) is 0 Å². The number of hydrogen-bond acceptors (Lipinski definition) is 2. The van der Waals surface area contributed by atoms with Crippen molar-refractivity contribution in [1.29, 1.82) is 0 Å². The van der Waals surface area contributed by atoms with E-state index in [-0.39, 0.29) is 11.7 Å². The molecule has 1 saturated heterocycles. The second-order valence-electron chi connectivity index (χ2n) is 5.34. The zero-order valence-electron chi connectivity index (χ0n) is 12.2. The molecule has 20 heavy (non-hydrogen) atoms. The zero-order chi connectivity index (χ0) is 14.5. The van der Waals surface area contributed by atoms with E-state index in [0.717, 1.165) is 32.4 Å². The van der Waals surface area contributed by atoms with Crippen LogP contribution in [0.15, 0.2) is 18.2 Å². The maximum atomic E-state index is 13.8. The molecule has 0 bridgehead atoms. The number of nitrogens with zero attached hydrogens (tertiary/aromatic N) is 1. The van der Waals surface area contributed by atoms with Crippen molar-refractivity contribution < 1.29 is 13.9 Å². The molecule has 1 fully saturated rings. The number of carbonyl (C=O) groups excluding carboxylic acids is 1. The standard InChI is InChI=1S/C16H22FNO2/c1-3-16(19)18-8-6-12(7-9-18)10-13-11-14(20-2)4-5-15(13)17/h4-5,11-12H,3,6-10H2,1-2H3. The van der Waals surface area contributed by atoms with Crippen LogP contribution in [-0.2, 0) is 11.2 Å². The molecule has 0 unspecified atom stereocenters. The number of halogens is 1. The molecule has 0 N–H and O–H groups in total. The fourth-order valence-electron chi connectivity index (χ4n) is 2.76. The summed E-state index contributed by atoms with van der Waals surface area (Å²) >= 11 is 0. The van der Waals surface area contributed by atoms with Crippen LogP contribution in [-0.4, -0.2) is 31.0 Å². The van der Waals surface area contributed by atoms with Crippen LogP contribution in [0.3, 0.4) is 0 Å². The van der Waals surface area contributed by atoms with E-state index in [1.54, 1.807) is 19.2 Å². The van der Waals surface area contributed by atoms with Gasteiger partial charge in [-0.1, -0.05) is 6.92 Å². The van der Waals surface area contributed by atoms with E-state index in [9.17, 15) is 9.18 Å². The van der Waals surface area contributed by atoms with Gasteiger partial charge in [-0.2, -0.15) is 0 Å². The monoisotopic (exact) mass is 279 g/mol. The highest BCUT2D eigenvalue weighted by Gasteiger charge is 2.22. The highest BCUT2D eigenvalue weighted by Crippen LogP contribution is 2.25. The first kappa shape index (κ1) is 14.8. The SMILES string of the molecule is CCC(=O)N1CCC(Cc2cc(OC)ccc2F)CC1. The normalized spacial score (nSPS) is 16.2. The summed E-state index contributed by atoms with van der Waals surface area (Å²) < 4.78 is 18.9. The lowest BCUT2D eigenvalue weighted by atomic mass is 9.90. The number of hydrogen-bond donors (Lipinski definition) is 0. The van der Waals surface area contributed by atoms with Gasteiger partial charge in [0.25, 0.3) is 0 Å². The molecule has 3 nitrogen and oxygen atoms in total. The Morgan fingerprint density at radius 1 is 1.40 bits per heavy atom. The molecule has 0 saturated carbocycles. The summed E-state index contributed by atoms with van der Waals surface area (Å²) in [4.78, 5) is 13.5. The van der Waals surface area contributed by atoms with E-state index < -0.39 is 0 Å². The van der Waals surface area contributed by atoms with Gasteiger partial charge in [-0.25, -0.2) is 4.39 Å². The Balaban J connectivity index is 1.94. The minimum atomic E-state index is -0.169. The molecule has 1 aliphatic rings. The van der Waals surface area contributed by atoms with Gasteiger partial charge in [0.15, 0.2) is 0 Å². The Hall–Kier alpha value is -1.58. The summed E-state index contributed by atoms with van der Waals surface area (Å²) in [5.41, 5.74) is 0.713. The number of ether oxygens (including phenoxy) is 1. The molecular formula is C16H22FNO2. The van der Waals surface area contributed by atoms with Crippen molar-refractivity contribution in [3.05, 3.63) is 29.6 Å². The molecule has 4 heteroatoms. The van der Waals surface area contributed by atoms with Gasteiger partial charge in [0.1, 0.15) is 11.6 Å². The molecule has 1 amide bonds. The number of carbonyl (C=O) groups is 1. The van der Waals surface area contributed by atoms with E-state index in [2.05, 4.69) is 0 Å². The Bertz CT molecular complexity index is 468. The van der Waals surface area contributed by atoms with Crippen molar-refractivity contribution in [3.8, 4) is 5.75 Å². The quantitative estimate of drug-likeness (QED) is 0.848. The Labute approximate surface area is 119 Å². The number of amides is 1. The van der Waals surface area contributed by atoms with Gasteiger partial charge in [-0.05, 0) is 48.9 Å². The van der Waals surface area contributed by atoms with Crippen LogP contribution in [0.5, 0.6) is 5.75 Å². The second-order valence-corrected chi connectivity index (χ2v) is 5.34. The highest BCUT2D eigenvalue weighted by atomic mass is 19.1. The Kier molecular flexibility index (Phi) is 4.99. The van der Waals surface area contributed by atoms with Gasteiger partial charge in [-0.3, -0.25) is 4.79 Å². The van der Waals surface area contributed by atoms with Crippen molar-refractivity contribution in [2.24, 2.45) is 5.92 Å². The van der Waals surface area contributed by atoms with E-state index in [0.29, 0.717) is 23.7 Å². The molecule has 0 radical (unpaired) electrons. The summed E-state index contributed by atoms with van der Waals surface area (Å²) in [6.07, 6.45) is 3.18. The van der Waals surface area contributed by atoms with Gasteiger partial charge in [0.05, 0.1) is 7.11 Å². The molecule has 1 aromatic carbocycles. The maximum absolute atomic E-state index is 13.8. The van der Waals surface area contributed by atoms with Crippen LogP contribution in [0.2, 0.25) is 0 Å². The molecule has 2 rings (SSSR count). The van der Waals surface area contributed by atoms with E-state index in [4.69, 9.17) is 4.74 Å². The largest absolute Gasteiger partial charge is 0.497 e. The van der Waals surface area contributed by atoms with Crippen LogP contribution >= 0.6 is 0 Å². The van der Waals surface area contributed by atoms with Gasteiger partial charge in [0.2, 0.25) is 5.91 Å². The second kappa shape index (κ2) is 6.73. The third kappa shape index (κ3) is 3.50. The summed E-state index contributed by atoms with van der Waals surface area (Å²) in [5, 5.41) is 0. The maximum Gasteiger partial charge on any atom is 0.222 e. The molecule has 0 aromatic heterocycles. The van der Waals surface area contributed by atoms with Gasteiger partial charge >= 0.3 is 0 Å². The van der Waals surface area contributed by atoms with Crippen molar-refractivity contribution >= 4 is 5.91 Å². The Morgan fingerprint density at radius 2 is 2.10 bits per heavy atom. The number of piperidine rings is 1. The first-order valence-corrected chi connectivity index (χ1v) is 7.24. The number of rotatable bonds is 4. The average Bonchev–Trinajstić information content (AvgIpc) is 2.49. The predicted molar refractivity (Wildman–Crippen MR) is 76.3 cm³/mol. The van der Waals surface area contributed by atoms with Gasteiger partial charge in [0, 0.05) is 19.5 Å². The van der Waals surface area contributed by atoms with Gasteiger partial charge < -0.3 is 9.64 Å². The molecule has 0 spiro atoms. The number of likely N-dealkylation sites (tertiary alicyclic amines) is 1. The predicted octanol–water partition coefficient (Wildman–Crippen LogP) is 3.03. The van der Waals surface area contributed by atoms with Crippen LogP contribution in [0.1, 0.15) is 31.7 Å². The molecule has 110 valence electrons. The smallest absolute Gasteiger partial charge is 0.222 e. The van der Waals surface area contributed by atoms with Crippen LogP contribution in [0, 0.1) is 11.7 Å². The molecule has 0 aliphatic carbocycles. The molecule has 1 aliphatic heterocycles. The molecule has 1 aromatic rings. The first-order valence-electron chi connectivity index (χ1n) is 7.24. The van der Waals surface area contributed by atoms with Crippen molar-refractivity contribution in [2.75, 3.05) is 20.2 Å². The third-order valence-electron chi connectivity index (χ3n) is 4.03. The average molecular weight is 279 g/mol. The topological polar surface area (TPSA) is 29.5 Å². The van der Waals surface area contributed by atoms with Crippen molar-refractivity contribution in [2.45, 2.75) is 32.6 Å². The summed E-state index contributed by atoms with van der Waals surface area (Å²) in [6.45, 7) is 3.48. The first-order chi connectivity index (χ1) is 9.63. The Morgan fingerprint density at radius 3 is 2.70 bits per heavy atom. The number of methoxy groups -OCH3 is 1. The van der Waals surface area contributed by atoms with Crippen LogP contribution in [0.25, 0.3) is 0 Å². The third-order valence-corrected chi connectivity index (χ3v) is 4.03. The van der Waals surface area contributed by atoms with Crippen LogP contribution < -0.4 is 4.74 Å². The van der Waals surface area contributed by atoms with Crippen LogP contribution in [0.4, 0.5) is 4.39 Å². The summed E-state index contributed by atoms with van der Waals surface area (Å²) in [5.74, 6) is 1.19.